The lowest BCUT2D eigenvalue weighted by atomic mass is 10.0. The topological polar surface area (TPSA) is 9.86 Å². The molecule has 242 valence electrons. The number of hydrogen-bond donors (Lipinski definition) is 0. The minimum atomic E-state index is 1.16. The highest BCUT2D eigenvalue weighted by Crippen LogP contribution is 2.46. The maximum atomic E-state index is 2.52. The van der Waals surface area contributed by atoms with Gasteiger partial charge in [-0.05, 0) is 60.2 Å². The van der Waals surface area contributed by atoms with Crippen LogP contribution < -0.4 is 0 Å². The second-order valence-corrected chi connectivity index (χ2v) is 15.8. The van der Waals surface area contributed by atoms with Crippen LogP contribution in [0.15, 0.2) is 170 Å². The molecule has 4 aromatic heterocycles. The Bertz CT molecular complexity index is 3420. The van der Waals surface area contributed by atoms with Crippen LogP contribution in [0, 0.1) is 0 Å². The third kappa shape index (κ3) is 3.83. The average molecular weight is 697 g/mol. The summed E-state index contributed by atoms with van der Waals surface area (Å²) in [6.07, 6.45) is 0. The van der Waals surface area contributed by atoms with E-state index < -0.39 is 0 Å². The maximum absolute atomic E-state index is 2.52. The quantitative estimate of drug-likeness (QED) is 0.174. The van der Waals surface area contributed by atoms with Gasteiger partial charge in [-0.1, -0.05) is 115 Å². The molecule has 0 atom stereocenters. The van der Waals surface area contributed by atoms with E-state index in [9.17, 15) is 0 Å². The van der Waals surface area contributed by atoms with E-state index in [1.165, 1.54) is 101 Å². The minimum absolute atomic E-state index is 1.16. The molecular weight excluding hydrogens is 669 g/mol. The molecule has 0 unspecified atom stereocenters. The van der Waals surface area contributed by atoms with Crippen molar-refractivity contribution in [1.82, 2.24) is 9.13 Å². The molecule has 0 aliphatic carbocycles. The zero-order valence-electron chi connectivity index (χ0n) is 27.9. The van der Waals surface area contributed by atoms with Gasteiger partial charge in [-0.2, -0.15) is 0 Å². The van der Waals surface area contributed by atoms with E-state index in [1.807, 2.05) is 22.7 Å². The monoisotopic (exact) mass is 696 g/mol. The Morgan fingerprint density at radius 2 is 0.865 bits per heavy atom. The second kappa shape index (κ2) is 10.7. The largest absolute Gasteiger partial charge is 0.309 e. The van der Waals surface area contributed by atoms with Gasteiger partial charge in [0.25, 0.3) is 0 Å². The zero-order valence-corrected chi connectivity index (χ0v) is 29.5. The summed E-state index contributed by atoms with van der Waals surface area (Å²) < 4.78 is 10.3. The molecule has 0 amide bonds. The van der Waals surface area contributed by atoms with Gasteiger partial charge in [0, 0.05) is 73.1 Å². The molecule has 4 heteroatoms. The summed E-state index contributed by atoms with van der Waals surface area (Å²) in [7, 11) is 0. The lowest BCUT2D eigenvalue weighted by Crippen LogP contribution is -1.99. The Kier molecular flexibility index (Phi) is 5.84. The van der Waals surface area contributed by atoms with Crippen molar-refractivity contribution in [1.29, 1.82) is 0 Å². The smallest absolute Gasteiger partial charge is 0.0634 e. The number of para-hydroxylation sites is 3. The van der Waals surface area contributed by atoms with Crippen LogP contribution in [-0.2, 0) is 0 Å². The van der Waals surface area contributed by atoms with Crippen molar-refractivity contribution < 1.29 is 0 Å². The van der Waals surface area contributed by atoms with E-state index in [2.05, 4.69) is 179 Å². The van der Waals surface area contributed by atoms with Crippen LogP contribution in [0.3, 0.4) is 0 Å². The van der Waals surface area contributed by atoms with Crippen molar-refractivity contribution >= 4 is 107 Å². The highest BCUT2D eigenvalue weighted by molar-refractivity contribution is 7.26. The summed E-state index contributed by atoms with van der Waals surface area (Å²) >= 11 is 3.76. The maximum Gasteiger partial charge on any atom is 0.0634 e. The molecule has 0 saturated heterocycles. The van der Waals surface area contributed by atoms with E-state index in [1.54, 1.807) is 0 Å². The molecule has 0 spiro atoms. The van der Waals surface area contributed by atoms with Crippen LogP contribution in [0.5, 0.6) is 0 Å². The summed E-state index contributed by atoms with van der Waals surface area (Å²) in [5.41, 5.74) is 9.73. The SMILES string of the molecule is c1cc(-c2ccccc2-n2c3ccccc3c3ccc4sc5ccccc5c4c32)cc(-n2c3ccccc3c3ccc4sc5ccccc5c4c32)c1. The molecule has 0 N–H and O–H groups in total. The molecule has 52 heavy (non-hydrogen) atoms. The number of hydrogen-bond acceptors (Lipinski definition) is 2. The number of thiophene rings is 2. The van der Waals surface area contributed by atoms with Gasteiger partial charge >= 0.3 is 0 Å². The molecule has 0 bridgehead atoms. The van der Waals surface area contributed by atoms with Crippen LogP contribution >= 0.6 is 22.7 Å². The number of rotatable bonds is 3. The molecular formula is C48H28N2S2. The Hall–Kier alpha value is -6.20. The Morgan fingerprint density at radius 3 is 1.52 bits per heavy atom. The number of benzene rings is 8. The van der Waals surface area contributed by atoms with Gasteiger partial charge in [0.15, 0.2) is 0 Å². The van der Waals surface area contributed by atoms with Crippen LogP contribution in [0.4, 0.5) is 0 Å². The third-order valence-corrected chi connectivity index (χ3v) is 13.2. The van der Waals surface area contributed by atoms with Crippen LogP contribution in [0.25, 0.3) is 106 Å². The zero-order chi connectivity index (χ0) is 33.9. The summed E-state index contributed by atoms with van der Waals surface area (Å²) in [6.45, 7) is 0. The van der Waals surface area contributed by atoms with Gasteiger partial charge in [-0.25, -0.2) is 0 Å². The van der Waals surface area contributed by atoms with E-state index in [0.717, 1.165) is 5.69 Å². The van der Waals surface area contributed by atoms with Gasteiger partial charge in [-0.15, -0.1) is 22.7 Å². The highest BCUT2D eigenvalue weighted by Gasteiger charge is 2.21. The van der Waals surface area contributed by atoms with Gasteiger partial charge in [0.1, 0.15) is 0 Å². The molecule has 0 fully saturated rings. The molecule has 12 aromatic rings. The summed E-state index contributed by atoms with van der Waals surface area (Å²) in [6, 6.07) is 62.8. The van der Waals surface area contributed by atoms with Crippen LogP contribution in [-0.4, -0.2) is 9.13 Å². The van der Waals surface area contributed by atoms with Crippen molar-refractivity contribution in [2.24, 2.45) is 0 Å². The first-order valence-electron chi connectivity index (χ1n) is 17.7. The van der Waals surface area contributed by atoms with E-state index in [4.69, 9.17) is 0 Å². The molecule has 12 rings (SSSR count). The van der Waals surface area contributed by atoms with Crippen LogP contribution in [0.1, 0.15) is 0 Å². The normalized spacial score (nSPS) is 12.2. The fourth-order valence-electron chi connectivity index (χ4n) is 8.77. The molecule has 0 aliphatic heterocycles. The first-order valence-corrected chi connectivity index (χ1v) is 19.3. The predicted octanol–water partition coefficient (Wildman–Crippen LogP) is 14.3. The first-order chi connectivity index (χ1) is 25.8. The predicted molar refractivity (Wildman–Crippen MR) is 226 cm³/mol. The molecule has 2 nitrogen and oxygen atoms in total. The van der Waals surface area contributed by atoms with E-state index in [0.29, 0.717) is 0 Å². The Balaban J connectivity index is 1.16. The van der Waals surface area contributed by atoms with Crippen molar-refractivity contribution in [3.63, 3.8) is 0 Å². The van der Waals surface area contributed by atoms with Crippen molar-refractivity contribution in [3.05, 3.63) is 170 Å². The van der Waals surface area contributed by atoms with Crippen molar-refractivity contribution in [2.45, 2.75) is 0 Å². The average Bonchev–Trinajstić information content (AvgIpc) is 3.95. The van der Waals surface area contributed by atoms with E-state index >= 15 is 0 Å². The third-order valence-electron chi connectivity index (χ3n) is 10.9. The number of nitrogens with zero attached hydrogens (tertiary/aromatic N) is 2. The highest BCUT2D eigenvalue weighted by atomic mass is 32.1. The van der Waals surface area contributed by atoms with Crippen LogP contribution in [0.2, 0.25) is 0 Å². The fourth-order valence-corrected chi connectivity index (χ4v) is 11.0. The molecule has 4 heterocycles. The molecule has 0 saturated carbocycles. The summed E-state index contributed by atoms with van der Waals surface area (Å²) in [5, 5.41) is 10.4. The first kappa shape index (κ1) is 28.5. The Morgan fingerprint density at radius 1 is 0.346 bits per heavy atom. The Labute approximate surface area is 306 Å². The van der Waals surface area contributed by atoms with Crippen molar-refractivity contribution in [3.8, 4) is 22.5 Å². The lowest BCUT2D eigenvalue weighted by Gasteiger charge is -2.16. The van der Waals surface area contributed by atoms with Crippen molar-refractivity contribution in [2.75, 3.05) is 0 Å². The summed E-state index contributed by atoms with van der Waals surface area (Å²) in [4.78, 5) is 0. The lowest BCUT2D eigenvalue weighted by molar-refractivity contribution is 1.18. The van der Waals surface area contributed by atoms with Gasteiger partial charge in [-0.3, -0.25) is 0 Å². The molecule has 0 radical (unpaired) electrons. The summed E-state index contributed by atoms with van der Waals surface area (Å²) in [5.74, 6) is 0. The number of aromatic nitrogens is 2. The molecule has 8 aromatic carbocycles. The second-order valence-electron chi connectivity index (χ2n) is 13.6. The fraction of sp³-hybridized carbons (Fsp3) is 0. The van der Waals surface area contributed by atoms with E-state index in [-0.39, 0.29) is 0 Å². The number of fused-ring (bicyclic) bond motifs is 14. The molecule has 0 aliphatic rings. The van der Waals surface area contributed by atoms with Gasteiger partial charge < -0.3 is 9.13 Å². The van der Waals surface area contributed by atoms with Gasteiger partial charge in [0.05, 0.1) is 27.8 Å². The minimum Gasteiger partial charge on any atom is -0.309 e. The van der Waals surface area contributed by atoms with Gasteiger partial charge in [0.2, 0.25) is 0 Å². The standard InChI is InChI=1S/C48H28N2S2/c1-6-19-38(50-40-21-8-3-16-33(40)35-25-27-44-46(48(35)50)37-18-5-10-23-42(37)52-44)31(14-1)29-12-11-13-30(28-29)49-39-20-7-2-15-32(39)34-24-26-43-45(47(34)49)36-17-4-9-22-41(36)51-43/h1-28H.